The maximum Gasteiger partial charge on any atom is 0.255 e. The molecule has 7 heteroatoms. The van der Waals surface area contributed by atoms with Crippen LogP contribution in [0, 0.1) is 5.92 Å². The molecule has 1 aliphatic rings. The summed E-state index contributed by atoms with van der Waals surface area (Å²) in [5.41, 5.74) is 1.80. The summed E-state index contributed by atoms with van der Waals surface area (Å²) in [6, 6.07) is 3.42. The van der Waals surface area contributed by atoms with Crippen molar-refractivity contribution in [3.63, 3.8) is 0 Å². The van der Waals surface area contributed by atoms with E-state index in [2.05, 4.69) is 32.2 Å². The molecule has 2 aromatic rings. The van der Waals surface area contributed by atoms with E-state index in [9.17, 15) is 4.79 Å². The molecule has 1 aromatic heterocycles. The van der Waals surface area contributed by atoms with Gasteiger partial charge in [0.05, 0.1) is 12.7 Å². The SMILES string of the molecule is C=CCN1CCC(CNC(=O)c2cc3n[nH]nc3cc2OC)C1. The van der Waals surface area contributed by atoms with Gasteiger partial charge in [-0.25, -0.2) is 0 Å². The number of likely N-dealkylation sites (tertiary alicyclic amines) is 1. The van der Waals surface area contributed by atoms with E-state index >= 15 is 0 Å². The van der Waals surface area contributed by atoms with Crippen LogP contribution in [0.5, 0.6) is 5.75 Å². The molecule has 2 heterocycles. The number of carbonyl (C=O) groups excluding carboxylic acids is 1. The van der Waals surface area contributed by atoms with Gasteiger partial charge in [-0.2, -0.15) is 15.4 Å². The third-order valence-corrected chi connectivity index (χ3v) is 4.19. The molecule has 7 nitrogen and oxygen atoms in total. The lowest BCUT2D eigenvalue weighted by molar-refractivity contribution is 0.0944. The van der Waals surface area contributed by atoms with Crippen LogP contribution in [0.15, 0.2) is 24.8 Å². The number of carbonyl (C=O) groups is 1. The van der Waals surface area contributed by atoms with E-state index in [-0.39, 0.29) is 5.91 Å². The predicted molar refractivity (Wildman–Crippen MR) is 87.5 cm³/mol. The van der Waals surface area contributed by atoms with Gasteiger partial charge in [0.15, 0.2) is 0 Å². The molecule has 1 aliphatic heterocycles. The maximum absolute atomic E-state index is 12.5. The highest BCUT2D eigenvalue weighted by Gasteiger charge is 2.23. The van der Waals surface area contributed by atoms with Crippen molar-refractivity contribution < 1.29 is 9.53 Å². The second kappa shape index (κ2) is 6.78. The first-order valence-corrected chi connectivity index (χ1v) is 7.71. The highest BCUT2D eigenvalue weighted by molar-refractivity contribution is 6.00. The third kappa shape index (κ3) is 3.34. The van der Waals surface area contributed by atoms with Crippen molar-refractivity contribution in [1.82, 2.24) is 25.6 Å². The summed E-state index contributed by atoms with van der Waals surface area (Å²) < 4.78 is 5.30. The second-order valence-electron chi connectivity index (χ2n) is 5.78. The van der Waals surface area contributed by atoms with Gasteiger partial charge in [-0.15, -0.1) is 6.58 Å². The first-order chi connectivity index (χ1) is 11.2. The van der Waals surface area contributed by atoms with Crippen LogP contribution in [0.3, 0.4) is 0 Å². The molecule has 2 N–H and O–H groups in total. The van der Waals surface area contributed by atoms with Crippen molar-refractivity contribution >= 4 is 16.9 Å². The average Bonchev–Trinajstić information content (AvgIpc) is 3.20. The number of H-pyrrole nitrogens is 1. The minimum absolute atomic E-state index is 0.145. The topological polar surface area (TPSA) is 83.1 Å². The molecule has 1 unspecified atom stereocenters. The van der Waals surface area contributed by atoms with Crippen LogP contribution in [0.1, 0.15) is 16.8 Å². The molecule has 1 amide bonds. The summed E-state index contributed by atoms with van der Waals surface area (Å²) in [5.74, 6) is 0.832. The van der Waals surface area contributed by atoms with E-state index in [1.807, 2.05) is 6.08 Å². The number of hydrogen-bond donors (Lipinski definition) is 2. The summed E-state index contributed by atoms with van der Waals surface area (Å²) in [4.78, 5) is 14.8. The number of amides is 1. The van der Waals surface area contributed by atoms with Gasteiger partial charge in [-0.1, -0.05) is 6.08 Å². The number of rotatable bonds is 6. The first-order valence-electron chi connectivity index (χ1n) is 7.71. The molecule has 23 heavy (non-hydrogen) atoms. The van der Waals surface area contributed by atoms with Crippen LogP contribution in [0.2, 0.25) is 0 Å². The summed E-state index contributed by atoms with van der Waals surface area (Å²) in [5, 5.41) is 13.6. The highest BCUT2D eigenvalue weighted by atomic mass is 16.5. The Kier molecular flexibility index (Phi) is 4.57. The minimum atomic E-state index is -0.145. The summed E-state index contributed by atoms with van der Waals surface area (Å²) in [6.45, 7) is 7.37. The Morgan fingerprint density at radius 1 is 1.52 bits per heavy atom. The van der Waals surface area contributed by atoms with E-state index in [0.717, 1.165) is 26.1 Å². The zero-order chi connectivity index (χ0) is 16.2. The normalized spacial score (nSPS) is 18.2. The Bertz CT molecular complexity index is 712. The third-order valence-electron chi connectivity index (χ3n) is 4.19. The smallest absolute Gasteiger partial charge is 0.255 e. The number of hydrogen-bond acceptors (Lipinski definition) is 5. The molecule has 0 spiro atoms. The van der Waals surface area contributed by atoms with Crippen molar-refractivity contribution in [3.05, 3.63) is 30.4 Å². The van der Waals surface area contributed by atoms with Gasteiger partial charge in [-0.3, -0.25) is 9.69 Å². The summed E-state index contributed by atoms with van der Waals surface area (Å²) in [7, 11) is 1.54. The number of aromatic nitrogens is 3. The zero-order valence-corrected chi connectivity index (χ0v) is 13.2. The monoisotopic (exact) mass is 315 g/mol. The van der Waals surface area contributed by atoms with Gasteiger partial charge in [-0.05, 0) is 24.9 Å². The van der Waals surface area contributed by atoms with E-state index in [4.69, 9.17) is 4.74 Å². The Labute approximate surface area is 134 Å². The van der Waals surface area contributed by atoms with Crippen molar-refractivity contribution in [3.8, 4) is 5.75 Å². The van der Waals surface area contributed by atoms with Gasteiger partial charge in [0.2, 0.25) is 0 Å². The fraction of sp³-hybridized carbons (Fsp3) is 0.438. The van der Waals surface area contributed by atoms with Crippen molar-refractivity contribution in [2.45, 2.75) is 6.42 Å². The summed E-state index contributed by atoms with van der Waals surface area (Å²) >= 11 is 0. The average molecular weight is 315 g/mol. The summed E-state index contributed by atoms with van der Waals surface area (Å²) in [6.07, 6.45) is 3.01. The lowest BCUT2D eigenvalue weighted by atomic mass is 10.1. The van der Waals surface area contributed by atoms with Crippen LogP contribution in [-0.4, -0.2) is 59.5 Å². The van der Waals surface area contributed by atoms with Crippen LogP contribution in [0.25, 0.3) is 11.0 Å². The molecule has 122 valence electrons. The van der Waals surface area contributed by atoms with Crippen molar-refractivity contribution in [1.29, 1.82) is 0 Å². The standard InChI is InChI=1S/C16H21N5O2/c1-3-5-21-6-4-11(10-21)9-17-16(22)12-7-13-14(19-20-18-13)8-15(12)23-2/h3,7-8,11H,1,4-6,9-10H2,2H3,(H,17,22)(H,18,19,20). The van der Waals surface area contributed by atoms with Gasteiger partial charge in [0, 0.05) is 25.7 Å². The van der Waals surface area contributed by atoms with Crippen LogP contribution in [0.4, 0.5) is 0 Å². The number of nitrogens with one attached hydrogen (secondary N) is 2. The number of benzene rings is 1. The van der Waals surface area contributed by atoms with E-state index in [1.165, 1.54) is 0 Å². The highest BCUT2D eigenvalue weighted by Crippen LogP contribution is 2.23. The van der Waals surface area contributed by atoms with Crippen LogP contribution >= 0.6 is 0 Å². The number of methoxy groups -OCH3 is 1. The fourth-order valence-electron chi connectivity index (χ4n) is 2.98. The van der Waals surface area contributed by atoms with E-state index in [0.29, 0.717) is 34.8 Å². The lowest BCUT2D eigenvalue weighted by Gasteiger charge is -2.14. The Morgan fingerprint density at radius 2 is 2.30 bits per heavy atom. The molecule has 0 saturated carbocycles. The van der Waals surface area contributed by atoms with E-state index in [1.54, 1.807) is 19.2 Å². The molecule has 1 atom stereocenters. The van der Waals surface area contributed by atoms with Crippen molar-refractivity contribution in [2.24, 2.45) is 5.92 Å². The number of fused-ring (bicyclic) bond motifs is 1. The second-order valence-corrected chi connectivity index (χ2v) is 5.78. The Morgan fingerprint density at radius 3 is 3.04 bits per heavy atom. The zero-order valence-electron chi connectivity index (χ0n) is 13.2. The number of nitrogens with zero attached hydrogens (tertiary/aromatic N) is 3. The molecular weight excluding hydrogens is 294 g/mol. The molecule has 3 rings (SSSR count). The molecule has 0 bridgehead atoms. The quantitative estimate of drug-likeness (QED) is 0.783. The first kappa shape index (κ1) is 15.5. The van der Waals surface area contributed by atoms with Gasteiger partial charge in [0.1, 0.15) is 16.8 Å². The predicted octanol–water partition coefficient (Wildman–Crippen LogP) is 1.20. The minimum Gasteiger partial charge on any atom is -0.496 e. The van der Waals surface area contributed by atoms with Crippen molar-refractivity contribution in [2.75, 3.05) is 33.3 Å². The van der Waals surface area contributed by atoms with Gasteiger partial charge < -0.3 is 10.1 Å². The lowest BCUT2D eigenvalue weighted by Crippen LogP contribution is -2.31. The fourth-order valence-corrected chi connectivity index (χ4v) is 2.98. The number of ether oxygens (including phenoxy) is 1. The van der Waals surface area contributed by atoms with E-state index < -0.39 is 0 Å². The molecule has 0 radical (unpaired) electrons. The molecular formula is C16H21N5O2. The van der Waals surface area contributed by atoms with Gasteiger partial charge in [0.25, 0.3) is 5.91 Å². The largest absolute Gasteiger partial charge is 0.496 e. The molecule has 0 aliphatic carbocycles. The Balaban J connectivity index is 1.65. The molecule has 1 saturated heterocycles. The molecule has 1 fully saturated rings. The maximum atomic E-state index is 12.5. The Hall–Kier alpha value is -2.41. The molecule has 1 aromatic carbocycles. The van der Waals surface area contributed by atoms with Crippen LogP contribution in [-0.2, 0) is 0 Å². The van der Waals surface area contributed by atoms with Gasteiger partial charge >= 0.3 is 0 Å². The number of aromatic amines is 1. The van der Waals surface area contributed by atoms with Crippen LogP contribution < -0.4 is 10.1 Å².